The van der Waals surface area contributed by atoms with Crippen LogP contribution in [0.5, 0.6) is 0 Å². The summed E-state index contributed by atoms with van der Waals surface area (Å²) in [5.74, 6) is -1.76. The summed E-state index contributed by atoms with van der Waals surface area (Å²) in [4.78, 5) is 22.9. The van der Waals surface area contributed by atoms with Crippen molar-refractivity contribution >= 4 is 40.8 Å². The fourth-order valence-corrected chi connectivity index (χ4v) is 2.54. The van der Waals surface area contributed by atoms with Crippen molar-refractivity contribution in [2.24, 2.45) is 11.7 Å². The van der Waals surface area contributed by atoms with E-state index in [1.54, 1.807) is 12.2 Å². The van der Waals surface area contributed by atoms with Crippen molar-refractivity contribution in [2.75, 3.05) is 5.32 Å². The summed E-state index contributed by atoms with van der Waals surface area (Å²) in [6.45, 7) is 0. The molecule has 0 saturated carbocycles. The average molecular weight is 315 g/mol. The highest BCUT2D eigenvalue weighted by molar-refractivity contribution is 6.40. The Morgan fingerprint density at radius 3 is 2.30 bits per heavy atom. The van der Waals surface area contributed by atoms with Crippen LogP contribution in [0.25, 0.3) is 0 Å². The lowest BCUT2D eigenvalue weighted by atomic mass is 10.1. The zero-order valence-corrected chi connectivity index (χ0v) is 11.8. The van der Waals surface area contributed by atoms with Crippen LogP contribution in [0.15, 0.2) is 24.3 Å². The molecule has 1 aromatic rings. The third-order valence-corrected chi connectivity index (χ3v) is 3.59. The van der Waals surface area contributed by atoms with Crippen molar-refractivity contribution < 1.29 is 14.7 Å². The van der Waals surface area contributed by atoms with Crippen LogP contribution in [0, 0.1) is 5.92 Å². The van der Waals surface area contributed by atoms with Crippen LogP contribution < -0.4 is 11.1 Å². The van der Waals surface area contributed by atoms with E-state index in [1.807, 2.05) is 0 Å². The molecule has 0 aromatic heterocycles. The maximum atomic E-state index is 12.0. The van der Waals surface area contributed by atoms with E-state index >= 15 is 0 Å². The number of amides is 1. The van der Waals surface area contributed by atoms with Crippen LogP contribution in [0.4, 0.5) is 5.69 Å². The number of halogens is 2. The fourth-order valence-electron chi connectivity index (χ4n) is 1.95. The molecule has 2 unspecified atom stereocenters. The number of benzene rings is 1. The molecular weight excluding hydrogens is 303 g/mol. The van der Waals surface area contributed by atoms with Crippen molar-refractivity contribution in [3.05, 3.63) is 39.9 Å². The Hall–Kier alpha value is -1.56. The van der Waals surface area contributed by atoms with Crippen LogP contribution >= 0.6 is 23.2 Å². The molecule has 2 atom stereocenters. The largest absolute Gasteiger partial charge is 0.478 e. The van der Waals surface area contributed by atoms with Crippen molar-refractivity contribution in [3.8, 4) is 0 Å². The molecule has 0 heterocycles. The van der Waals surface area contributed by atoms with Crippen LogP contribution in [0.3, 0.4) is 0 Å². The molecule has 1 amide bonds. The van der Waals surface area contributed by atoms with Gasteiger partial charge in [0.05, 0.1) is 27.2 Å². The maximum absolute atomic E-state index is 12.0. The zero-order valence-electron chi connectivity index (χ0n) is 10.3. The standard InChI is InChI=1S/C13H12Cl2N2O3/c14-9-4-7(13(19)20)5-10(15)11(9)17-12(18)6-1-2-8(16)3-6/h1-2,4-6,8H,3,16H2,(H,17,18)(H,19,20). The molecule has 106 valence electrons. The van der Waals surface area contributed by atoms with Gasteiger partial charge in [-0.25, -0.2) is 4.79 Å². The summed E-state index contributed by atoms with van der Waals surface area (Å²) in [5.41, 5.74) is 5.85. The molecule has 7 heteroatoms. The van der Waals surface area contributed by atoms with Crippen molar-refractivity contribution in [1.82, 2.24) is 0 Å². The Kier molecular flexibility index (Phi) is 4.32. The summed E-state index contributed by atoms with van der Waals surface area (Å²) >= 11 is 11.9. The van der Waals surface area contributed by atoms with Gasteiger partial charge in [-0.05, 0) is 18.6 Å². The summed E-state index contributed by atoms with van der Waals surface area (Å²) in [6.07, 6.45) is 4.02. The third kappa shape index (κ3) is 3.12. The Labute approximate surface area is 125 Å². The summed E-state index contributed by atoms with van der Waals surface area (Å²) in [5, 5.41) is 11.6. The Morgan fingerprint density at radius 2 is 1.85 bits per heavy atom. The predicted molar refractivity (Wildman–Crippen MR) is 77.3 cm³/mol. The molecule has 1 aromatic carbocycles. The van der Waals surface area contributed by atoms with E-state index in [1.165, 1.54) is 12.1 Å². The minimum absolute atomic E-state index is 0.0409. The maximum Gasteiger partial charge on any atom is 0.335 e. The molecule has 4 N–H and O–H groups in total. The number of hydrogen-bond acceptors (Lipinski definition) is 3. The molecule has 0 bridgehead atoms. The summed E-state index contributed by atoms with van der Waals surface area (Å²) in [7, 11) is 0. The second kappa shape index (κ2) is 5.83. The number of carbonyl (C=O) groups excluding carboxylic acids is 1. The van der Waals surface area contributed by atoms with Gasteiger partial charge in [-0.15, -0.1) is 0 Å². The van der Waals surface area contributed by atoms with Gasteiger partial charge in [0.25, 0.3) is 0 Å². The van der Waals surface area contributed by atoms with Crippen molar-refractivity contribution in [1.29, 1.82) is 0 Å². The highest BCUT2D eigenvalue weighted by atomic mass is 35.5. The molecule has 0 radical (unpaired) electrons. The minimum Gasteiger partial charge on any atom is -0.478 e. The predicted octanol–water partition coefficient (Wildman–Crippen LogP) is 2.53. The monoisotopic (exact) mass is 314 g/mol. The summed E-state index contributed by atoms with van der Waals surface area (Å²) < 4.78 is 0. The molecule has 1 aliphatic carbocycles. The van der Waals surface area contributed by atoms with Gasteiger partial charge in [-0.2, -0.15) is 0 Å². The number of aromatic carboxylic acids is 1. The first-order chi connectivity index (χ1) is 9.38. The van der Waals surface area contributed by atoms with Gasteiger partial charge < -0.3 is 16.2 Å². The second-order valence-corrected chi connectivity index (χ2v) is 5.31. The summed E-state index contributed by atoms with van der Waals surface area (Å²) in [6, 6.07) is 2.34. The lowest BCUT2D eigenvalue weighted by Gasteiger charge is -2.13. The fraction of sp³-hybridized carbons (Fsp3) is 0.231. The van der Waals surface area contributed by atoms with Crippen LogP contribution in [-0.2, 0) is 4.79 Å². The lowest BCUT2D eigenvalue weighted by molar-refractivity contribution is -0.118. The number of nitrogens with two attached hydrogens (primary N) is 1. The minimum atomic E-state index is -1.14. The van der Waals surface area contributed by atoms with E-state index in [-0.39, 0.29) is 39.2 Å². The quantitative estimate of drug-likeness (QED) is 0.747. The third-order valence-electron chi connectivity index (χ3n) is 2.99. The van der Waals surface area contributed by atoms with E-state index in [0.29, 0.717) is 6.42 Å². The first kappa shape index (κ1) is 14.8. The lowest BCUT2D eigenvalue weighted by Crippen LogP contribution is -2.24. The van der Waals surface area contributed by atoms with Gasteiger partial charge in [-0.1, -0.05) is 35.4 Å². The van der Waals surface area contributed by atoms with E-state index in [9.17, 15) is 9.59 Å². The van der Waals surface area contributed by atoms with Crippen molar-refractivity contribution in [3.63, 3.8) is 0 Å². The highest BCUT2D eigenvalue weighted by Gasteiger charge is 2.24. The molecule has 0 fully saturated rings. The topological polar surface area (TPSA) is 92.4 Å². The number of carbonyl (C=O) groups is 2. The van der Waals surface area contributed by atoms with E-state index in [0.717, 1.165) is 0 Å². The average Bonchev–Trinajstić information content (AvgIpc) is 2.80. The smallest absolute Gasteiger partial charge is 0.335 e. The van der Waals surface area contributed by atoms with Crippen LogP contribution in [0.2, 0.25) is 10.0 Å². The number of anilines is 1. The van der Waals surface area contributed by atoms with E-state index in [4.69, 9.17) is 34.0 Å². The second-order valence-electron chi connectivity index (χ2n) is 4.50. The first-order valence-electron chi connectivity index (χ1n) is 5.85. The Morgan fingerprint density at radius 1 is 1.25 bits per heavy atom. The first-order valence-corrected chi connectivity index (χ1v) is 6.61. The molecule has 5 nitrogen and oxygen atoms in total. The normalized spacial score (nSPS) is 20.9. The van der Waals surface area contributed by atoms with Gasteiger partial charge in [0.1, 0.15) is 0 Å². The zero-order chi connectivity index (χ0) is 14.9. The Bertz CT molecular complexity index is 578. The van der Waals surface area contributed by atoms with Gasteiger partial charge in [-0.3, -0.25) is 4.79 Å². The van der Waals surface area contributed by atoms with Crippen molar-refractivity contribution in [2.45, 2.75) is 12.5 Å². The van der Waals surface area contributed by atoms with E-state index in [2.05, 4.69) is 5.32 Å². The number of nitrogens with one attached hydrogen (secondary N) is 1. The molecule has 0 spiro atoms. The van der Waals surface area contributed by atoms with Gasteiger partial charge >= 0.3 is 5.97 Å². The van der Waals surface area contributed by atoms with E-state index < -0.39 is 5.97 Å². The highest BCUT2D eigenvalue weighted by Crippen LogP contribution is 2.33. The van der Waals surface area contributed by atoms with Gasteiger partial charge in [0.15, 0.2) is 0 Å². The number of carboxylic acids is 1. The van der Waals surface area contributed by atoms with Crippen LogP contribution in [0.1, 0.15) is 16.8 Å². The molecule has 0 saturated heterocycles. The molecule has 2 rings (SSSR count). The Balaban J connectivity index is 2.19. The van der Waals surface area contributed by atoms with Crippen LogP contribution in [-0.4, -0.2) is 23.0 Å². The number of carboxylic acid groups (broad SMARTS) is 1. The number of hydrogen-bond donors (Lipinski definition) is 3. The SMILES string of the molecule is NC1C=CC(C(=O)Nc2c(Cl)cc(C(=O)O)cc2Cl)C1. The molecule has 20 heavy (non-hydrogen) atoms. The number of rotatable bonds is 3. The van der Waals surface area contributed by atoms with Gasteiger partial charge in [0.2, 0.25) is 5.91 Å². The molecule has 1 aliphatic rings. The molecular formula is C13H12Cl2N2O3. The molecule has 0 aliphatic heterocycles. The van der Waals surface area contributed by atoms with Gasteiger partial charge in [0, 0.05) is 6.04 Å².